The highest BCUT2D eigenvalue weighted by Gasteiger charge is 2.27. The molecule has 1 aromatic carbocycles. The molecule has 0 aliphatic rings. The molecular formula is C12H11ClN2. The van der Waals surface area contributed by atoms with Gasteiger partial charge in [0.15, 0.2) is 0 Å². The third-order valence-corrected chi connectivity index (χ3v) is 2.78. The van der Waals surface area contributed by atoms with Gasteiger partial charge in [0.2, 0.25) is 0 Å². The molecule has 0 fully saturated rings. The summed E-state index contributed by atoms with van der Waals surface area (Å²) >= 11 is 6.03. The monoisotopic (exact) mass is 218 g/mol. The van der Waals surface area contributed by atoms with Crippen LogP contribution >= 0.6 is 11.6 Å². The van der Waals surface area contributed by atoms with Crippen LogP contribution in [-0.4, -0.2) is 0 Å². The van der Waals surface area contributed by atoms with Crippen LogP contribution in [0.5, 0.6) is 0 Å². The Hall–Kier alpha value is -1.51. The Labute approximate surface area is 94.7 Å². The molecule has 76 valence electrons. The van der Waals surface area contributed by atoms with Crippen molar-refractivity contribution in [2.24, 2.45) is 0 Å². The van der Waals surface area contributed by atoms with Gasteiger partial charge >= 0.3 is 0 Å². The summed E-state index contributed by atoms with van der Waals surface area (Å²) in [6.07, 6.45) is 0.860. The van der Waals surface area contributed by atoms with Gasteiger partial charge < -0.3 is 0 Å². The molecule has 0 bridgehead atoms. The smallest absolute Gasteiger partial charge is 0.0818 e. The van der Waals surface area contributed by atoms with E-state index in [2.05, 4.69) is 12.1 Å². The quantitative estimate of drug-likeness (QED) is 0.781. The van der Waals surface area contributed by atoms with E-state index in [-0.39, 0.29) is 0 Å². The lowest BCUT2D eigenvalue weighted by molar-refractivity contribution is 0.563. The Bertz CT molecular complexity index is 428. The van der Waals surface area contributed by atoms with Gasteiger partial charge in [-0.3, -0.25) is 0 Å². The molecule has 0 aliphatic heterocycles. The van der Waals surface area contributed by atoms with Gasteiger partial charge in [-0.25, -0.2) is 0 Å². The summed E-state index contributed by atoms with van der Waals surface area (Å²) in [5.74, 6) is 0. The second kappa shape index (κ2) is 4.82. The van der Waals surface area contributed by atoms with E-state index in [0.717, 1.165) is 5.56 Å². The van der Waals surface area contributed by atoms with Crippen molar-refractivity contribution in [3.8, 4) is 12.1 Å². The summed E-state index contributed by atoms with van der Waals surface area (Å²) in [5.41, 5.74) is 0.123. The van der Waals surface area contributed by atoms with Gasteiger partial charge in [-0.05, 0) is 25.0 Å². The van der Waals surface area contributed by atoms with Crippen LogP contribution in [0.25, 0.3) is 0 Å². The molecule has 2 nitrogen and oxygen atoms in total. The standard InChI is InChI=1S/C12H11ClN2/c1-12(9-15,7-4-8-14)10-5-2-3-6-11(10)13/h2-3,5-6H,4,7H2,1H3. The maximum absolute atomic E-state index is 9.17. The minimum atomic E-state index is -0.673. The van der Waals surface area contributed by atoms with E-state index in [9.17, 15) is 5.26 Å². The van der Waals surface area contributed by atoms with Crippen molar-refractivity contribution in [1.29, 1.82) is 10.5 Å². The Balaban J connectivity index is 3.08. The minimum Gasteiger partial charge on any atom is -0.198 e. The molecule has 0 aromatic heterocycles. The molecule has 0 saturated heterocycles. The van der Waals surface area contributed by atoms with Gasteiger partial charge in [0.25, 0.3) is 0 Å². The van der Waals surface area contributed by atoms with Crippen LogP contribution < -0.4 is 0 Å². The first-order valence-electron chi connectivity index (χ1n) is 4.67. The third-order valence-electron chi connectivity index (χ3n) is 2.45. The van der Waals surface area contributed by atoms with Crippen molar-refractivity contribution < 1.29 is 0 Å². The minimum absolute atomic E-state index is 0.356. The Morgan fingerprint density at radius 2 is 2.00 bits per heavy atom. The van der Waals surface area contributed by atoms with E-state index in [1.165, 1.54) is 0 Å². The van der Waals surface area contributed by atoms with Gasteiger partial charge in [-0.1, -0.05) is 29.8 Å². The number of rotatable bonds is 3. The molecule has 1 atom stereocenters. The number of benzene rings is 1. The summed E-state index contributed by atoms with van der Waals surface area (Å²) in [4.78, 5) is 0. The second-order valence-electron chi connectivity index (χ2n) is 3.58. The highest BCUT2D eigenvalue weighted by Crippen LogP contribution is 2.33. The lowest BCUT2D eigenvalue weighted by Crippen LogP contribution is -2.19. The number of nitrogens with zero attached hydrogens (tertiary/aromatic N) is 2. The van der Waals surface area contributed by atoms with Crippen LogP contribution in [0.15, 0.2) is 24.3 Å². The van der Waals surface area contributed by atoms with Crippen molar-refractivity contribution in [1.82, 2.24) is 0 Å². The number of hydrogen-bond donors (Lipinski definition) is 0. The fourth-order valence-corrected chi connectivity index (χ4v) is 1.81. The number of nitriles is 2. The van der Waals surface area contributed by atoms with Crippen molar-refractivity contribution in [3.63, 3.8) is 0 Å². The number of hydrogen-bond acceptors (Lipinski definition) is 2. The second-order valence-corrected chi connectivity index (χ2v) is 3.99. The molecular weight excluding hydrogens is 208 g/mol. The summed E-state index contributed by atoms with van der Waals surface area (Å²) in [6, 6.07) is 11.6. The van der Waals surface area contributed by atoms with Crippen LogP contribution in [0.4, 0.5) is 0 Å². The molecule has 0 N–H and O–H groups in total. The van der Waals surface area contributed by atoms with Crippen LogP contribution in [0.2, 0.25) is 5.02 Å². The lowest BCUT2D eigenvalue weighted by Gasteiger charge is -2.21. The molecule has 1 aromatic rings. The molecule has 0 amide bonds. The zero-order chi connectivity index (χ0) is 11.3. The molecule has 15 heavy (non-hydrogen) atoms. The fraction of sp³-hybridized carbons (Fsp3) is 0.333. The van der Waals surface area contributed by atoms with Crippen molar-refractivity contribution in [3.05, 3.63) is 34.9 Å². The Morgan fingerprint density at radius 1 is 1.33 bits per heavy atom. The average molecular weight is 219 g/mol. The number of halogens is 1. The molecule has 0 spiro atoms. The predicted octanol–water partition coefficient (Wildman–Crippen LogP) is 3.43. The van der Waals surface area contributed by atoms with Gasteiger partial charge in [0.05, 0.1) is 17.6 Å². The van der Waals surface area contributed by atoms with E-state index >= 15 is 0 Å². The average Bonchev–Trinajstić information content (AvgIpc) is 2.26. The van der Waals surface area contributed by atoms with E-state index < -0.39 is 5.41 Å². The van der Waals surface area contributed by atoms with Gasteiger partial charge in [-0.15, -0.1) is 0 Å². The topological polar surface area (TPSA) is 47.6 Å². The first-order valence-corrected chi connectivity index (χ1v) is 5.05. The first-order chi connectivity index (χ1) is 7.14. The summed E-state index contributed by atoms with van der Waals surface area (Å²) in [6.45, 7) is 1.81. The Kier molecular flexibility index (Phi) is 3.72. The maximum atomic E-state index is 9.17. The molecule has 0 heterocycles. The van der Waals surface area contributed by atoms with Crippen LogP contribution in [0.3, 0.4) is 0 Å². The largest absolute Gasteiger partial charge is 0.198 e. The van der Waals surface area contributed by atoms with E-state index in [4.69, 9.17) is 16.9 Å². The van der Waals surface area contributed by atoms with E-state index in [1.807, 2.05) is 25.1 Å². The zero-order valence-corrected chi connectivity index (χ0v) is 9.25. The molecule has 0 saturated carbocycles. The maximum Gasteiger partial charge on any atom is 0.0818 e. The lowest BCUT2D eigenvalue weighted by atomic mass is 9.80. The van der Waals surface area contributed by atoms with Crippen LogP contribution in [0, 0.1) is 22.7 Å². The predicted molar refractivity (Wildman–Crippen MR) is 59.3 cm³/mol. The molecule has 1 unspecified atom stereocenters. The normalized spacial score (nSPS) is 13.6. The molecule has 1 rings (SSSR count). The van der Waals surface area contributed by atoms with Crippen molar-refractivity contribution in [2.45, 2.75) is 25.2 Å². The third kappa shape index (κ3) is 2.49. The SMILES string of the molecule is CC(C#N)(CCC#N)c1ccccc1Cl. The first kappa shape index (κ1) is 11.6. The van der Waals surface area contributed by atoms with Crippen LogP contribution in [-0.2, 0) is 5.41 Å². The van der Waals surface area contributed by atoms with Gasteiger partial charge in [0, 0.05) is 11.4 Å². The highest BCUT2D eigenvalue weighted by atomic mass is 35.5. The highest BCUT2D eigenvalue weighted by molar-refractivity contribution is 6.31. The molecule has 0 aliphatic carbocycles. The van der Waals surface area contributed by atoms with E-state index in [0.29, 0.717) is 17.9 Å². The van der Waals surface area contributed by atoms with Crippen molar-refractivity contribution in [2.75, 3.05) is 0 Å². The summed E-state index contributed by atoms with van der Waals surface area (Å²) in [7, 11) is 0. The van der Waals surface area contributed by atoms with Crippen molar-refractivity contribution >= 4 is 11.6 Å². The van der Waals surface area contributed by atoms with Gasteiger partial charge in [0.1, 0.15) is 0 Å². The Morgan fingerprint density at radius 3 is 2.53 bits per heavy atom. The zero-order valence-electron chi connectivity index (χ0n) is 8.50. The van der Waals surface area contributed by atoms with E-state index in [1.54, 1.807) is 6.07 Å². The molecule has 3 heteroatoms. The van der Waals surface area contributed by atoms with Gasteiger partial charge in [-0.2, -0.15) is 10.5 Å². The summed E-state index contributed by atoms with van der Waals surface area (Å²) < 4.78 is 0. The molecule has 0 radical (unpaired) electrons. The summed E-state index contributed by atoms with van der Waals surface area (Å²) in [5, 5.41) is 18.3. The van der Waals surface area contributed by atoms with Crippen LogP contribution in [0.1, 0.15) is 25.3 Å². The fourth-order valence-electron chi connectivity index (χ4n) is 1.47.